The SMILES string of the molecule is O=C(NCc1ccc(N2CCC2)cc1)[C@H](O)[C@@H](O)C(=O)N1CCCC1c1cccc(Cl)c1. The number of aliphatic hydroxyl groups excluding tert-OH is 2. The number of likely N-dealkylation sites (tertiary alicyclic amines) is 1. The largest absolute Gasteiger partial charge is 0.380 e. The number of benzene rings is 2. The first kappa shape index (κ1) is 22.6. The van der Waals surface area contributed by atoms with E-state index in [2.05, 4.69) is 10.2 Å². The minimum Gasteiger partial charge on any atom is -0.380 e. The molecular formula is C24H28ClN3O4. The van der Waals surface area contributed by atoms with Crippen LogP contribution in [0.5, 0.6) is 0 Å². The Balaban J connectivity index is 1.33. The molecule has 3 N–H and O–H groups in total. The Hall–Kier alpha value is -2.61. The van der Waals surface area contributed by atoms with Gasteiger partial charge in [0, 0.05) is 36.9 Å². The highest BCUT2D eigenvalue weighted by Gasteiger charge is 2.38. The third-order valence-electron chi connectivity index (χ3n) is 6.21. The Kier molecular flexibility index (Phi) is 6.98. The molecule has 2 heterocycles. The monoisotopic (exact) mass is 457 g/mol. The van der Waals surface area contributed by atoms with E-state index < -0.39 is 24.0 Å². The van der Waals surface area contributed by atoms with Gasteiger partial charge < -0.3 is 25.3 Å². The summed E-state index contributed by atoms with van der Waals surface area (Å²) in [5.74, 6) is -1.44. The number of halogens is 1. The van der Waals surface area contributed by atoms with Crippen LogP contribution >= 0.6 is 11.6 Å². The summed E-state index contributed by atoms with van der Waals surface area (Å²) >= 11 is 6.08. The Bertz CT molecular complexity index is 964. The zero-order valence-corrected chi connectivity index (χ0v) is 18.5. The van der Waals surface area contributed by atoms with Crippen LogP contribution in [0, 0.1) is 0 Å². The number of anilines is 1. The molecule has 2 amide bonds. The molecule has 8 heteroatoms. The number of carbonyl (C=O) groups is 2. The lowest BCUT2D eigenvalue weighted by molar-refractivity contribution is -0.153. The van der Waals surface area contributed by atoms with E-state index in [4.69, 9.17) is 11.6 Å². The Labute approximate surface area is 192 Å². The highest BCUT2D eigenvalue weighted by Crippen LogP contribution is 2.33. The van der Waals surface area contributed by atoms with Gasteiger partial charge in [0.2, 0.25) is 0 Å². The molecule has 2 saturated heterocycles. The first-order valence-corrected chi connectivity index (χ1v) is 11.4. The van der Waals surface area contributed by atoms with Crippen molar-refractivity contribution in [2.75, 3.05) is 24.5 Å². The van der Waals surface area contributed by atoms with Crippen LogP contribution in [0.15, 0.2) is 48.5 Å². The molecule has 3 atom stereocenters. The second kappa shape index (κ2) is 9.90. The zero-order valence-electron chi connectivity index (χ0n) is 17.8. The van der Waals surface area contributed by atoms with Gasteiger partial charge in [0.1, 0.15) is 0 Å². The number of rotatable bonds is 7. The Morgan fingerprint density at radius 1 is 1.03 bits per heavy atom. The highest BCUT2D eigenvalue weighted by atomic mass is 35.5. The molecule has 32 heavy (non-hydrogen) atoms. The lowest BCUT2D eigenvalue weighted by atomic mass is 10.0. The Morgan fingerprint density at radius 3 is 2.44 bits per heavy atom. The standard InChI is InChI=1S/C24H28ClN3O4/c25-18-5-1-4-17(14-18)20-6-2-13-28(20)24(32)22(30)21(29)23(31)26-15-16-7-9-19(10-8-16)27-11-3-12-27/h1,4-5,7-10,14,20-22,29-30H,2-3,6,11-13,15H2,(H,26,31)/t20?,21-,22-/m1/s1. The molecule has 2 aliphatic heterocycles. The van der Waals surface area contributed by atoms with Crippen LogP contribution in [0.1, 0.15) is 36.4 Å². The van der Waals surface area contributed by atoms with Crippen molar-refractivity contribution in [3.8, 4) is 0 Å². The third-order valence-corrected chi connectivity index (χ3v) is 6.45. The molecule has 2 aromatic rings. The summed E-state index contributed by atoms with van der Waals surface area (Å²) in [5, 5.41) is 23.9. The number of carbonyl (C=O) groups excluding carboxylic acids is 2. The second-order valence-electron chi connectivity index (χ2n) is 8.36. The predicted octanol–water partition coefficient (Wildman–Crippen LogP) is 2.25. The van der Waals surface area contributed by atoms with Gasteiger partial charge in [-0.1, -0.05) is 35.9 Å². The third kappa shape index (κ3) is 4.90. The summed E-state index contributed by atoms with van der Waals surface area (Å²) in [6.07, 6.45) is -0.972. The number of hydrogen-bond acceptors (Lipinski definition) is 5. The van der Waals surface area contributed by atoms with Crippen LogP contribution < -0.4 is 10.2 Å². The maximum Gasteiger partial charge on any atom is 0.255 e. The van der Waals surface area contributed by atoms with Crippen LogP contribution in [0.3, 0.4) is 0 Å². The van der Waals surface area contributed by atoms with Crippen molar-refractivity contribution < 1.29 is 19.8 Å². The molecule has 7 nitrogen and oxygen atoms in total. The molecule has 0 spiro atoms. The second-order valence-corrected chi connectivity index (χ2v) is 8.80. The number of aliphatic hydroxyl groups is 2. The summed E-state index contributed by atoms with van der Waals surface area (Å²) in [5.41, 5.74) is 2.89. The van der Waals surface area contributed by atoms with Crippen molar-refractivity contribution in [3.05, 3.63) is 64.7 Å². The fourth-order valence-electron chi connectivity index (χ4n) is 4.23. The van der Waals surface area contributed by atoms with E-state index in [0.29, 0.717) is 11.6 Å². The van der Waals surface area contributed by atoms with Gasteiger partial charge in [0.15, 0.2) is 12.2 Å². The van der Waals surface area contributed by atoms with Crippen LogP contribution in [0.2, 0.25) is 5.02 Å². The van der Waals surface area contributed by atoms with E-state index >= 15 is 0 Å². The molecule has 0 radical (unpaired) electrons. The summed E-state index contributed by atoms with van der Waals surface area (Å²) in [7, 11) is 0. The molecule has 2 aromatic carbocycles. The van der Waals surface area contributed by atoms with Crippen LogP contribution in [-0.4, -0.2) is 58.8 Å². The van der Waals surface area contributed by atoms with Gasteiger partial charge in [0.05, 0.1) is 6.04 Å². The van der Waals surface area contributed by atoms with Gasteiger partial charge >= 0.3 is 0 Å². The molecule has 4 rings (SSSR count). The summed E-state index contributed by atoms with van der Waals surface area (Å²) in [6.45, 7) is 2.77. The fraction of sp³-hybridized carbons (Fsp3) is 0.417. The summed E-state index contributed by atoms with van der Waals surface area (Å²) < 4.78 is 0. The van der Waals surface area contributed by atoms with E-state index in [9.17, 15) is 19.8 Å². The van der Waals surface area contributed by atoms with E-state index in [-0.39, 0.29) is 12.6 Å². The number of hydrogen-bond donors (Lipinski definition) is 3. The van der Waals surface area contributed by atoms with Crippen molar-refractivity contribution >= 4 is 29.1 Å². The first-order valence-electron chi connectivity index (χ1n) is 11.0. The van der Waals surface area contributed by atoms with Crippen molar-refractivity contribution in [2.24, 2.45) is 0 Å². The molecule has 0 aliphatic carbocycles. The maximum absolute atomic E-state index is 12.9. The van der Waals surface area contributed by atoms with Gasteiger partial charge in [0.25, 0.3) is 11.8 Å². The lowest BCUT2D eigenvalue weighted by Crippen LogP contribution is -2.50. The van der Waals surface area contributed by atoms with E-state index in [0.717, 1.165) is 42.7 Å². The fourth-order valence-corrected chi connectivity index (χ4v) is 4.43. The first-order chi connectivity index (χ1) is 15.4. The summed E-state index contributed by atoms with van der Waals surface area (Å²) in [6, 6.07) is 14.8. The van der Waals surface area contributed by atoms with E-state index in [1.54, 1.807) is 12.1 Å². The maximum atomic E-state index is 12.9. The van der Waals surface area contributed by atoms with Crippen LogP contribution in [0.25, 0.3) is 0 Å². The van der Waals surface area contributed by atoms with Crippen LogP contribution in [-0.2, 0) is 16.1 Å². The topological polar surface area (TPSA) is 93.1 Å². The van der Waals surface area contributed by atoms with Crippen molar-refractivity contribution in [1.29, 1.82) is 0 Å². The Morgan fingerprint density at radius 2 is 1.78 bits per heavy atom. The van der Waals surface area contributed by atoms with Gasteiger partial charge in [-0.3, -0.25) is 9.59 Å². The average molecular weight is 458 g/mol. The molecule has 2 aliphatic rings. The number of amides is 2. The molecule has 2 fully saturated rings. The van der Waals surface area contributed by atoms with Crippen LogP contribution in [0.4, 0.5) is 5.69 Å². The van der Waals surface area contributed by atoms with Gasteiger partial charge in [-0.2, -0.15) is 0 Å². The van der Waals surface area contributed by atoms with Gasteiger partial charge in [-0.05, 0) is 54.7 Å². The minimum absolute atomic E-state index is 0.200. The minimum atomic E-state index is -1.84. The molecule has 0 aromatic heterocycles. The molecular weight excluding hydrogens is 430 g/mol. The smallest absolute Gasteiger partial charge is 0.255 e. The van der Waals surface area contributed by atoms with E-state index in [1.807, 2.05) is 36.4 Å². The number of nitrogens with one attached hydrogen (secondary N) is 1. The van der Waals surface area contributed by atoms with Crippen molar-refractivity contribution in [3.63, 3.8) is 0 Å². The van der Waals surface area contributed by atoms with Gasteiger partial charge in [-0.25, -0.2) is 0 Å². The number of nitrogens with zero attached hydrogens (tertiary/aromatic N) is 2. The van der Waals surface area contributed by atoms with Crippen molar-refractivity contribution in [2.45, 2.75) is 44.1 Å². The quantitative estimate of drug-likeness (QED) is 0.593. The highest BCUT2D eigenvalue weighted by molar-refractivity contribution is 6.30. The zero-order chi connectivity index (χ0) is 22.7. The summed E-state index contributed by atoms with van der Waals surface area (Å²) in [4.78, 5) is 29.0. The van der Waals surface area contributed by atoms with Crippen molar-refractivity contribution in [1.82, 2.24) is 10.2 Å². The van der Waals surface area contributed by atoms with Gasteiger partial charge in [-0.15, -0.1) is 0 Å². The van der Waals surface area contributed by atoms with E-state index in [1.165, 1.54) is 11.3 Å². The molecule has 170 valence electrons. The molecule has 1 unspecified atom stereocenters. The molecule has 0 bridgehead atoms. The molecule has 0 saturated carbocycles. The predicted molar refractivity (Wildman–Crippen MR) is 122 cm³/mol. The normalized spacial score (nSPS) is 19.9. The lowest BCUT2D eigenvalue weighted by Gasteiger charge is -2.33. The average Bonchev–Trinajstić information content (AvgIpc) is 3.25.